The van der Waals surface area contributed by atoms with Gasteiger partial charge >= 0.3 is 0 Å². The van der Waals surface area contributed by atoms with Crippen molar-refractivity contribution >= 4 is 17.3 Å². The zero-order valence-electron chi connectivity index (χ0n) is 11.3. The van der Waals surface area contributed by atoms with Crippen LogP contribution >= 0.6 is 0 Å². The summed E-state index contributed by atoms with van der Waals surface area (Å²) in [4.78, 5) is 22.3. The maximum absolute atomic E-state index is 13.2. The van der Waals surface area contributed by atoms with Crippen molar-refractivity contribution in [1.29, 1.82) is 0 Å². The van der Waals surface area contributed by atoms with E-state index in [0.717, 1.165) is 0 Å². The van der Waals surface area contributed by atoms with Crippen LogP contribution in [0.1, 0.15) is 11.1 Å². The summed E-state index contributed by atoms with van der Waals surface area (Å²) in [7, 11) is 0. The van der Waals surface area contributed by atoms with Crippen molar-refractivity contribution in [3.8, 4) is 0 Å². The number of aryl methyl sites for hydroxylation is 1. The number of carbonyl (C=O) groups excluding carboxylic acids is 1. The largest absolute Gasteiger partial charge is 0.325 e. The van der Waals surface area contributed by atoms with Crippen LogP contribution in [0.5, 0.6) is 0 Å². The minimum atomic E-state index is -0.532. The Labute approximate surface area is 120 Å². The van der Waals surface area contributed by atoms with E-state index in [2.05, 4.69) is 5.32 Å². The summed E-state index contributed by atoms with van der Waals surface area (Å²) in [6.45, 7) is 1.74. The van der Waals surface area contributed by atoms with E-state index in [1.165, 1.54) is 30.3 Å². The average Bonchev–Trinajstić information content (AvgIpc) is 2.43. The third kappa shape index (κ3) is 3.62. The molecular weight excluding hydrogens is 275 g/mol. The highest BCUT2D eigenvalue weighted by atomic mass is 19.1. The number of halogens is 1. The molecular formula is C15H13FN2O3. The number of hydrogen-bond acceptors (Lipinski definition) is 3. The predicted octanol–water partition coefficient (Wildman–Crippen LogP) is 3.22. The van der Waals surface area contributed by atoms with E-state index >= 15 is 0 Å². The molecule has 0 saturated carbocycles. The number of nitro benzene ring substituents is 1. The highest BCUT2D eigenvalue weighted by Gasteiger charge is 2.16. The molecule has 2 rings (SSSR count). The maximum Gasteiger partial charge on any atom is 0.273 e. The van der Waals surface area contributed by atoms with Crippen LogP contribution in [0, 0.1) is 22.9 Å². The standard InChI is InChI=1S/C15H13FN2O3/c1-10-6-7-12(16)9-13(10)17-15(19)8-11-4-2-3-5-14(11)18(20)21/h2-7,9H,8H2,1H3,(H,17,19). The summed E-state index contributed by atoms with van der Waals surface area (Å²) < 4.78 is 13.2. The molecule has 0 unspecified atom stereocenters. The lowest BCUT2D eigenvalue weighted by Crippen LogP contribution is -2.16. The van der Waals surface area contributed by atoms with E-state index in [1.54, 1.807) is 19.1 Å². The SMILES string of the molecule is Cc1ccc(F)cc1NC(=O)Cc1ccccc1[N+](=O)[O-]. The zero-order valence-corrected chi connectivity index (χ0v) is 11.3. The van der Waals surface area contributed by atoms with Crippen molar-refractivity contribution in [2.45, 2.75) is 13.3 Å². The molecule has 0 aliphatic rings. The molecule has 0 bridgehead atoms. The van der Waals surface area contributed by atoms with Crippen LogP contribution in [-0.2, 0) is 11.2 Å². The number of nitrogens with one attached hydrogen (secondary N) is 1. The lowest BCUT2D eigenvalue weighted by molar-refractivity contribution is -0.385. The normalized spacial score (nSPS) is 10.2. The number of para-hydroxylation sites is 1. The topological polar surface area (TPSA) is 72.2 Å². The summed E-state index contributed by atoms with van der Waals surface area (Å²) in [5.41, 5.74) is 1.28. The lowest BCUT2D eigenvalue weighted by Gasteiger charge is -2.08. The van der Waals surface area contributed by atoms with Gasteiger partial charge in [-0.3, -0.25) is 14.9 Å². The molecule has 21 heavy (non-hydrogen) atoms. The Kier molecular flexibility index (Phi) is 4.27. The van der Waals surface area contributed by atoms with Crippen LogP contribution in [0.15, 0.2) is 42.5 Å². The Hall–Kier alpha value is -2.76. The van der Waals surface area contributed by atoms with Gasteiger partial charge in [0.2, 0.25) is 5.91 Å². The average molecular weight is 288 g/mol. The molecule has 2 aromatic rings. The van der Waals surface area contributed by atoms with Crippen molar-refractivity contribution in [3.63, 3.8) is 0 Å². The van der Waals surface area contributed by atoms with E-state index in [9.17, 15) is 19.3 Å². The first-order valence-electron chi connectivity index (χ1n) is 6.25. The number of hydrogen-bond donors (Lipinski definition) is 1. The summed E-state index contributed by atoms with van der Waals surface area (Å²) in [5, 5.41) is 13.4. The molecule has 0 spiro atoms. The molecule has 5 nitrogen and oxygen atoms in total. The van der Waals surface area contributed by atoms with E-state index in [1.807, 2.05) is 0 Å². The summed E-state index contributed by atoms with van der Waals surface area (Å²) in [6.07, 6.45) is -0.146. The number of carbonyl (C=O) groups is 1. The Morgan fingerprint density at radius 3 is 2.71 bits per heavy atom. The second kappa shape index (κ2) is 6.13. The molecule has 0 aromatic heterocycles. The highest BCUT2D eigenvalue weighted by Crippen LogP contribution is 2.20. The van der Waals surface area contributed by atoms with Gasteiger partial charge in [-0.15, -0.1) is 0 Å². The number of nitro groups is 1. The minimum Gasteiger partial charge on any atom is -0.325 e. The van der Waals surface area contributed by atoms with Crippen LogP contribution < -0.4 is 5.32 Å². The zero-order chi connectivity index (χ0) is 15.4. The number of anilines is 1. The Balaban J connectivity index is 2.16. The van der Waals surface area contributed by atoms with Crippen molar-refractivity contribution in [1.82, 2.24) is 0 Å². The van der Waals surface area contributed by atoms with Crippen molar-refractivity contribution in [2.75, 3.05) is 5.32 Å². The second-order valence-corrected chi connectivity index (χ2v) is 4.57. The molecule has 0 radical (unpaired) electrons. The van der Waals surface area contributed by atoms with Crippen molar-refractivity contribution in [3.05, 3.63) is 69.5 Å². The molecule has 108 valence electrons. The molecule has 0 heterocycles. The smallest absolute Gasteiger partial charge is 0.273 e. The molecule has 6 heteroatoms. The minimum absolute atomic E-state index is 0.108. The lowest BCUT2D eigenvalue weighted by atomic mass is 10.1. The summed E-state index contributed by atoms with van der Waals surface area (Å²) >= 11 is 0. The summed E-state index contributed by atoms with van der Waals surface area (Å²) in [6, 6.07) is 10.1. The van der Waals surface area contributed by atoms with Gasteiger partial charge in [-0.2, -0.15) is 0 Å². The molecule has 1 N–H and O–H groups in total. The number of nitrogens with zero attached hydrogens (tertiary/aromatic N) is 1. The monoisotopic (exact) mass is 288 g/mol. The van der Waals surface area contributed by atoms with Crippen molar-refractivity contribution < 1.29 is 14.1 Å². The van der Waals surface area contributed by atoms with Gasteiger partial charge in [0.05, 0.1) is 11.3 Å². The van der Waals surface area contributed by atoms with Crippen LogP contribution in [0.25, 0.3) is 0 Å². The predicted molar refractivity (Wildman–Crippen MR) is 76.6 cm³/mol. The second-order valence-electron chi connectivity index (χ2n) is 4.57. The fourth-order valence-corrected chi connectivity index (χ4v) is 1.93. The fourth-order valence-electron chi connectivity index (χ4n) is 1.93. The van der Waals surface area contributed by atoms with Gasteiger partial charge in [-0.05, 0) is 24.6 Å². The molecule has 2 aromatic carbocycles. The van der Waals surface area contributed by atoms with Gasteiger partial charge in [0.1, 0.15) is 5.82 Å². The van der Waals surface area contributed by atoms with Gasteiger partial charge in [-0.25, -0.2) is 4.39 Å². The Morgan fingerprint density at radius 2 is 2.00 bits per heavy atom. The first-order chi connectivity index (χ1) is 9.97. The maximum atomic E-state index is 13.2. The van der Waals surface area contributed by atoms with E-state index in [-0.39, 0.29) is 12.1 Å². The van der Waals surface area contributed by atoms with Gasteiger partial charge in [0.15, 0.2) is 0 Å². The van der Waals surface area contributed by atoms with E-state index in [4.69, 9.17) is 0 Å². The first-order valence-corrected chi connectivity index (χ1v) is 6.25. The molecule has 0 saturated heterocycles. The highest BCUT2D eigenvalue weighted by molar-refractivity contribution is 5.93. The number of rotatable bonds is 4. The van der Waals surface area contributed by atoms with Gasteiger partial charge in [0, 0.05) is 17.3 Å². The number of amides is 1. The third-order valence-electron chi connectivity index (χ3n) is 3.01. The third-order valence-corrected chi connectivity index (χ3v) is 3.01. The van der Waals surface area contributed by atoms with Gasteiger partial charge in [-0.1, -0.05) is 24.3 Å². The van der Waals surface area contributed by atoms with Gasteiger partial charge in [0.25, 0.3) is 5.69 Å². The quantitative estimate of drug-likeness (QED) is 0.693. The van der Waals surface area contributed by atoms with Gasteiger partial charge < -0.3 is 5.32 Å². The molecule has 0 aliphatic carbocycles. The van der Waals surface area contributed by atoms with Crippen molar-refractivity contribution in [2.24, 2.45) is 0 Å². The number of benzene rings is 2. The Morgan fingerprint density at radius 1 is 1.29 bits per heavy atom. The van der Waals surface area contributed by atoms with Crippen LogP contribution in [0.4, 0.5) is 15.8 Å². The molecule has 0 atom stereocenters. The molecule has 0 fully saturated rings. The van der Waals surface area contributed by atoms with Crippen LogP contribution in [0.3, 0.4) is 0 Å². The molecule has 1 amide bonds. The Bertz CT molecular complexity index is 701. The fraction of sp³-hybridized carbons (Fsp3) is 0.133. The first kappa shape index (κ1) is 14.6. The molecule has 0 aliphatic heterocycles. The van der Waals surface area contributed by atoms with Crippen LogP contribution in [-0.4, -0.2) is 10.8 Å². The summed E-state index contributed by atoms with van der Waals surface area (Å²) in [5.74, 6) is -0.889. The van der Waals surface area contributed by atoms with Crippen LogP contribution in [0.2, 0.25) is 0 Å². The van der Waals surface area contributed by atoms with E-state index < -0.39 is 16.6 Å². The van der Waals surface area contributed by atoms with E-state index in [0.29, 0.717) is 16.8 Å².